The maximum Gasteiger partial charge on any atom is 0.300 e. The molecule has 1 aromatic heterocycles. The number of aromatic nitrogens is 1. The van der Waals surface area contributed by atoms with Gasteiger partial charge in [0.1, 0.15) is 23.9 Å². The number of Topliss-reactive ketones (excluding diaryl/α,β-unsaturated/α-hetero) is 1. The number of carbonyl (C=O) groups excluding carboxylic acids is 2. The molecule has 3 aromatic carbocycles. The lowest BCUT2D eigenvalue weighted by Gasteiger charge is -2.25. The van der Waals surface area contributed by atoms with Crippen molar-refractivity contribution in [1.82, 2.24) is 4.98 Å². The highest BCUT2D eigenvalue weighted by Crippen LogP contribution is 2.43. The second-order valence-electron chi connectivity index (χ2n) is 8.57. The fraction of sp³-hybridized carbons (Fsp3) is 0.100. The Morgan fingerprint density at radius 1 is 1.00 bits per heavy atom. The Hall–Kier alpha value is -4.62. The van der Waals surface area contributed by atoms with Gasteiger partial charge >= 0.3 is 0 Å². The molecule has 0 radical (unpaired) electrons. The van der Waals surface area contributed by atoms with Gasteiger partial charge in [-0.25, -0.2) is 0 Å². The highest BCUT2D eigenvalue weighted by Gasteiger charge is 2.47. The summed E-state index contributed by atoms with van der Waals surface area (Å²) in [6, 6.07) is 23.8. The molecule has 1 aliphatic rings. The third kappa shape index (κ3) is 4.84. The number of hydrogen-bond donors (Lipinski definition) is 1. The molecule has 0 spiro atoms. The zero-order valence-electron chi connectivity index (χ0n) is 20.4. The van der Waals surface area contributed by atoms with E-state index in [0.717, 1.165) is 5.56 Å². The van der Waals surface area contributed by atoms with E-state index < -0.39 is 17.7 Å². The first-order chi connectivity index (χ1) is 18.5. The number of rotatable bonds is 7. The Morgan fingerprint density at radius 2 is 1.76 bits per heavy atom. The summed E-state index contributed by atoms with van der Waals surface area (Å²) < 4.78 is 11.2. The van der Waals surface area contributed by atoms with Crippen LogP contribution in [0.1, 0.15) is 22.7 Å². The van der Waals surface area contributed by atoms with Crippen LogP contribution in [0.3, 0.4) is 0 Å². The predicted molar refractivity (Wildman–Crippen MR) is 144 cm³/mol. The molecule has 2 heterocycles. The lowest BCUT2D eigenvalue weighted by Crippen LogP contribution is -2.29. The van der Waals surface area contributed by atoms with E-state index in [1.807, 2.05) is 30.3 Å². The molecule has 1 atom stereocenters. The Morgan fingerprint density at radius 3 is 2.45 bits per heavy atom. The van der Waals surface area contributed by atoms with Crippen molar-refractivity contribution in [2.24, 2.45) is 0 Å². The van der Waals surface area contributed by atoms with Crippen LogP contribution in [-0.2, 0) is 16.2 Å². The van der Waals surface area contributed by atoms with Gasteiger partial charge in [0.25, 0.3) is 11.7 Å². The Kier molecular flexibility index (Phi) is 7.11. The zero-order valence-corrected chi connectivity index (χ0v) is 21.1. The van der Waals surface area contributed by atoms with Crippen LogP contribution in [-0.4, -0.2) is 28.9 Å². The van der Waals surface area contributed by atoms with Gasteiger partial charge in [-0.15, -0.1) is 0 Å². The number of halogens is 1. The number of benzene rings is 3. The van der Waals surface area contributed by atoms with Crippen molar-refractivity contribution in [3.05, 3.63) is 125 Å². The van der Waals surface area contributed by atoms with Crippen LogP contribution in [0.4, 0.5) is 5.69 Å². The molecule has 190 valence electrons. The van der Waals surface area contributed by atoms with Crippen molar-refractivity contribution in [2.45, 2.75) is 12.6 Å². The fourth-order valence-corrected chi connectivity index (χ4v) is 4.58. The number of hydrogen-bond acceptors (Lipinski definition) is 6. The Labute approximate surface area is 224 Å². The summed E-state index contributed by atoms with van der Waals surface area (Å²) in [5.74, 6) is -1.08. The molecule has 0 saturated carbocycles. The fourth-order valence-electron chi connectivity index (χ4n) is 4.41. The lowest BCUT2D eigenvalue weighted by atomic mass is 9.96. The molecule has 8 heteroatoms. The zero-order chi connectivity index (χ0) is 26.6. The van der Waals surface area contributed by atoms with E-state index in [1.165, 1.54) is 18.1 Å². The topological polar surface area (TPSA) is 89.0 Å². The van der Waals surface area contributed by atoms with E-state index >= 15 is 0 Å². The first-order valence-corrected chi connectivity index (χ1v) is 12.2. The molecule has 1 unspecified atom stereocenters. The normalized spacial score (nSPS) is 16.5. The van der Waals surface area contributed by atoms with Crippen LogP contribution in [0.5, 0.6) is 11.5 Å². The molecule has 38 heavy (non-hydrogen) atoms. The predicted octanol–water partition coefficient (Wildman–Crippen LogP) is 5.95. The molecule has 1 fully saturated rings. The average molecular weight is 527 g/mol. The molecule has 0 bridgehead atoms. The van der Waals surface area contributed by atoms with Gasteiger partial charge in [-0.3, -0.25) is 19.5 Å². The summed E-state index contributed by atoms with van der Waals surface area (Å²) in [4.78, 5) is 32.3. The minimum absolute atomic E-state index is 0.0898. The van der Waals surface area contributed by atoms with E-state index in [9.17, 15) is 14.7 Å². The van der Waals surface area contributed by atoms with E-state index in [1.54, 1.807) is 60.9 Å². The number of amides is 1. The largest absolute Gasteiger partial charge is 0.507 e. The highest BCUT2D eigenvalue weighted by molar-refractivity contribution is 6.51. The van der Waals surface area contributed by atoms with E-state index in [2.05, 4.69) is 4.98 Å². The van der Waals surface area contributed by atoms with Gasteiger partial charge in [0.05, 0.1) is 24.3 Å². The second-order valence-corrected chi connectivity index (χ2v) is 9.00. The number of anilines is 1. The minimum atomic E-state index is -0.927. The van der Waals surface area contributed by atoms with Gasteiger partial charge in [-0.05, 0) is 59.7 Å². The first kappa shape index (κ1) is 25.0. The van der Waals surface area contributed by atoms with Crippen molar-refractivity contribution >= 4 is 34.7 Å². The third-order valence-electron chi connectivity index (χ3n) is 6.22. The number of ether oxygens (including phenoxy) is 2. The molecule has 4 aromatic rings. The van der Waals surface area contributed by atoms with Crippen molar-refractivity contribution in [1.29, 1.82) is 0 Å². The molecule has 7 nitrogen and oxygen atoms in total. The van der Waals surface area contributed by atoms with Crippen LogP contribution in [0.15, 0.2) is 103 Å². The Bertz CT molecular complexity index is 1510. The molecule has 1 N–H and O–H groups in total. The maximum absolute atomic E-state index is 13.4. The van der Waals surface area contributed by atoms with Crippen molar-refractivity contribution < 1.29 is 24.2 Å². The molecule has 1 saturated heterocycles. The van der Waals surface area contributed by atoms with Crippen molar-refractivity contribution in [3.63, 3.8) is 0 Å². The van der Waals surface area contributed by atoms with Crippen LogP contribution in [0, 0.1) is 0 Å². The third-order valence-corrected chi connectivity index (χ3v) is 6.46. The summed E-state index contributed by atoms with van der Waals surface area (Å²) >= 11 is 6.17. The summed E-state index contributed by atoms with van der Waals surface area (Å²) in [5.41, 5.74) is 2.16. The maximum atomic E-state index is 13.4. The van der Waals surface area contributed by atoms with Crippen molar-refractivity contribution in [3.8, 4) is 11.5 Å². The second kappa shape index (κ2) is 10.8. The monoisotopic (exact) mass is 526 g/mol. The molecule has 0 aliphatic carbocycles. The average Bonchev–Trinajstić information content (AvgIpc) is 3.22. The van der Waals surface area contributed by atoms with E-state index in [4.69, 9.17) is 21.1 Å². The number of carbonyl (C=O) groups is 2. The number of aliphatic hydroxyl groups is 1. The van der Waals surface area contributed by atoms with Gasteiger partial charge in [-0.2, -0.15) is 0 Å². The molecular weight excluding hydrogens is 504 g/mol. The summed E-state index contributed by atoms with van der Waals surface area (Å²) in [7, 11) is 1.44. The molecule has 1 amide bonds. The summed E-state index contributed by atoms with van der Waals surface area (Å²) in [5, 5.41) is 11.7. The number of ketones is 1. The summed E-state index contributed by atoms with van der Waals surface area (Å²) in [6.07, 6.45) is 3.15. The van der Waals surface area contributed by atoms with E-state index in [0.29, 0.717) is 34.4 Å². The smallest absolute Gasteiger partial charge is 0.300 e. The SMILES string of the molecule is COc1ccc(Cl)cc1/C(O)=C1\C(=O)C(=O)N(c2ccc(OCc3ccccc3)cc2)C1c1cccnc1. The molecular formula is C30H23ClN2O5. The van der Waals surface area contributed by atoms with Crippen molar-refractivity contribution in [2.75, 3.05) is 12.0 Å². The van der Waals surface area contributed by atoms with Gasteiger partial charge < -0.3 is 14.6 Å². The quantitative estimate of drug-likeness (QED) is 0.182. The number of aliphatic hydroxyl groups excluding tert-OH is 1. The van der Waals surface area contributed by atoms with Crippen LogP contribution in [0.2, 0.25) is 5.02 Å². The summed E-state index contributed by atoms with van der Waals surface area (Å²) in [6.45, 7) is 0.391. The lowest BCUT2D eigenvalue weighted by molar-refractivity contribution is -0.132. The van der Waals surface area contributed by atoms with Crippen LogP contribution >= 0.6 is 11.6 Å². The highest BCUT2D eigenvalue weighted by atomic mass is 35.5. The molecule has 1 aliphatic heterocycles. The standard InChI is InChI=1S/C30H23ClN2O5/c1-37-25-14-9-21(31)16-24(25)28(34)26-27(20-8-5-15-32-17-20)33(30(36)29(26)35)22-10-12-23(13-11-22)38-18-19-6-3-2-4-7-19/h2-17,27,34H,18H2,1H3/b28-26+. The van der Waals surface area contributed by atoms with Gasteiger partial charge in [-0.1, -0.05) is 48.0 Å². The van der Waals surface area contributed by atoms with Gasteiger partial charge in [0, 0.05) is 23.1 Å². The Balaban J connectivity index is 1.55. The number of methoxy groups -OCH3 is 1. The minimum Gasteiger partial charge on any atom is -0.507 e. The molecule has 5 rings (SSSR count). The van der Waals surface area contributed by atoms with Crippen LogP contribution in [0.25, 0.3) is 5.76 Å². The van der Waals surface area contributed by atoms with Gasteiger partial charge in [0.15, 0.2) is 0 Å². The number of pyridine rings is 1. The van der Waals surface area contributed by atoms with Gasteiger partial charge in [0.2, 0.25) is 0 Å². The first-order valence-electron chi connectivity index (χ1n) is 11.8. The van der Waals surface area contributed by atoms with Crippen LogP contribution < -0.4 is 14.4 Å². The van der Waals surface area contributed by atoms with E-state index in [-0.39, 0.29) is 16.9 Å². The number of nitrogens with zero attached hydrogens (tertiary/aromatic N) is 2.